The molecule has 1 rings (SSSR count). The first-order valence-corrected chi connectivity index (χ1v) is 5.90. The SMILES string of the molecule is Cc1cc(F)ccc1S(=O)(=O)NCC(=N)N. The lowest BCUT2D eigenvalue weighted by Gasteiger charge is -2.08. The third-order valence-electron chi connectivity index (χ3n) is 1.88. The highest BCUT2D eigenvalue weighted by Gasteiger charge is 2.16. The molecule has 0 heterocycles. The largest absolute Gasteiger partial charge is 0.387 e. The van der Waals surface area contributed by atoms with Crippen LogP contribution in [0.1, 0.15) is 5.56 Å². The maximum absolute atomic E-state index is 12.8. The van der Waals surface area contributed by atoms with Crippen molar-refractivity contribution in [2.75, 3.05) is 6.54 Å². The fourth-order valence-electron chi connectivity index (χ4n) is 1.16. The first kappa shape index (κ1) is 12.6. The van der Waals surface area contributed by atoms with Gasteiger partial charge in [0.05, 0.1) is 11.4 Å². The fraction of sp³-hybridized carbons (Fsp3) is 0.222. The van der Waals surface area contributed by atoms with Crippen molar-refractivity contribution in [2.24, 2.45) is 5.73 Å². The monoisotopic (exact) mass is 245 g/mol. The molecule has 0 saturated heterocycles. The number of hydrogen-bond donors (Lipinski definition) is 3. The van der Waals surface area contributed by atoms with Gasteiger partial charge in [-0.1, -0.05) is 0 Å². The van der Waals surface area contributed by atoms with Gasteiger partial charge in [-0.15, -0.1) is 0 Å². The molecule has 0 unspecified atom stereocenters. The van der Waals surface area contributed by atoms with Gasteiger partial charge in [0.15, 0.2) is 0 Å². The predicted octanol–water partition coefficient (Wildman–Crippen LogP) is 0.348. The number of benzene rings is 1. The van der Waals surface area contributed by atoms with E-state index in [1.54, 1.807) is 0 Å². The van der Waals surface area contributed by atoms with Crippen LogP contribution in [-0.4, -0.2) is 20.8 Å². The summed E-state index contributed by atoms with van der Waals surface area (Å²) < 4.78 is 38.3. The van der Waals surface area contributed by atoms with Gasteiger partial charge < -0.3 is 5.73 Å². The molecule has 1 aromatic rings. The Labute approximate surface area is 93.0 Å². The van der Waals surface area contributed by atoms with E-state index in [1.165, 1.54) is 13.0 Å². The molecule has 0 amide bonds. The molecule has 0 bridgehead atoms. The lowest BCUT2D eigenvalue weighted by molar-refractivity contribution is 0.584. The second-order valence-electron chi connectivity index (χ2n) is 3.26. The van der Waals surface area contributed by atoms with Crippen molar-refractivity contribution in [2.45, 2.75) is 11.8 Å². The van der Waals surface area contributed by atoms with Gasteiger partial charge in [-0.25, -0.2) is 17.5 Å². The molecule has 1 aromatic carbocycles. The Morgan fingerprint density at radius 3 is 2.69 bits per heavy atom. The standard InChI is InChI=1S/C9H12FN3O2S/c1-6-4-7(10)2-3-8(6)16(14,15)13-5-9(11)12/h2-4,13H,5H2,1H3,(H3,11,12). The zero-order valence-electron chi connectivity index (χ0n) is 8.62. The maximum atomic E-state index is 12.8. The Morgan fingerprint density at radius 2 is 2.19 bits per heavy atom. The van der Waals surface area contributed by atoms with Gasteiger partial charge in [-0.05, 0) is 30.7 Å². The Hall–Kier alpha value is -1.47. The van der Waals surface area contributed by atoms with Gasteiger partial charge in [0.25, 0.3) is 0 Å². The molecule has 0 spiro atoms. The number of hydrogen-bond acceptors (Lipinski definition) is 3. The minimum Gasteiger partial charge on any atom is -0.387 e. The first-order chi connectivity index (χ1) is 7.33. The van der Waals surface area contributed by atoms with E-state index in [1.807, 2.05) is 0 Å². The van der Waals surface area contributed by atoms with Crippen molar-refractivity contribution in [3.8, 4) is 0 Å². The third kappa shape index (κ3) is 3.01. The minimum atomic E-state index is -3.74. The van der Waals surface area contributed by atoms with E-state index in [-0.39, 0.29) is 17.3 Å². The van der Waals surface area contributed by atoms with E-state index >= 15 is 0 Å². The molecular formula is C9H12FN3O2S. The second-order valence-corrected chi connectivity index (χ2v) is 4.99. The van der Waals surface area contributed by atoms with Crippen LogP contribution < -0.4 is 10.5 Å². The van der Waals surface area contributed by atoms with Crippen LogP contribution in [0.25, 0.3) is 0 Å². The highest BCUT2D eigenvalue weighted by Crippen LogP contribution is 2.15. The summed E-state index contributed by atoms with van der Waals surface area (Å²) in [6.07, 6.45) is 0. The molecule has 0 aliphatic carbocycles. The third-order valence-corrected chi connectivity index (χ3v) is 3.44. The second kappa shape index (κ2) is 4.58. The number of sulfonamides is 1. The van der Waals surface area contributed by atoms with Crippen molar-refractivity contribution >= 4 is 15.9 Å². The Bertz CT molecular complexity index is 513. The average Bonchev–Trinajstić information content (AvgIpc) is 2.14. The van der Waals surface area contributed by atoms with E-state index < -0.39 is 15.8 Å². The average molecular weight is 245 g/mol. The van der Waals surface area contributed by atoms with Crippen LogP contribution in [0.4, 0.5) is 4.39 Å². The van der Waals surface area contributed by atoms with E-state index in [0.717, 1.165) is 12.1 Å². The molecule has 5 nitrogen and oxygen atoms in total. The highest BCUT2D eigenvalue weighted by molar-refractivity contribution is 7.89. The quantitative estimate of drug-likeness (QED) is 0.527. The molecule has 7 heteroatoms. The Kier molecular flexibility index (Phi) is 3.61. The van der Waals surface area contributed by atoms with Crippen molar-refractivity contribution in [1.29, 1.82) is 5.41 Å². The minimum absolute atomic E-state index is 0.0184. The number of nitrogens with two attached hydrogens (primary N) is 1. The van der Waals surface area contributed by atoms with Gasteiger partial charge >= 0.3 is 0 Å². The van der Waals surface area contributed by atoms with E-state index in [4.69, 9.17) is 11.1 Å². The molecule has 0 radical (unpaired) electrons. The van der Waals surface area contributed by atoms with Gasteiger partial charge in [-0.3, -0.25) is 5.41 Å². The van der Waals surface area contributed by atoms with Crippen molar-refractivity contribution in [1.82, 2.24) is 4.72 Å². The molecule has 0 atom stereocenters. The molecule has 0 aromatic heterocycles. The lowest BCUT2D eigenvalue weighted by atomic mass is 10.2. The van der Waals surface area contributed by atoms with Crippen LogP contribution in [0, 0.1) is 18.2 Å². The predicted molar refractivity (Wildman–Crippen MR) is 58.2 cm³/mol. The molecule has 16 heavy (non-hydrogen) atoms. The number of rotatable bonds is 4. The zero-order chi connectivity index (χ0) is 12.3. The molecule has 0 aliphatic heterocycles. The molecule has 88 valence electrons. The lowest BCUT2D eigenvalue weighted by Crippen LogP contribution is -2.33. The van der Waals surface area contributed by atoms with Crippen molar-refractivity contribution in [3.05, 3.63) is 29.6 Å². The molecule has 4 N–H and O–H groups in total. The summed E-state index contributed by atoms with van der Waals surface area (Å²) in [5.41, 5.74) is 5.34. The van der Waals surface area contributed by atoms with Gasteiger partial charge in [0, 0.05) is 0 Å². The Morgan fingerprint density at radius 1 is 1.56 bits per heavy atom. The topological polar surface area (TPSA) is 96.0 Å². The van der Waals surface area contributed by atoms with Crippen LogP contribution in [0.5, 0.6) is 0 Å². The van der Waals surface area contributed by atoms with Crippen LogP contribution in [0.3, 0.4) is 0 Å². The number of amidine groups is 1. The highest BCUT2D eigenvalue weighted by atomic mass is 32.2. The molecule has 0 saturated carbocycles. The van der Waals surface area contributed by atoms with Crippen LogP contribution in [0.2, 0.25) is 0 Å². The van der Waals surface area contributed by atoms with Crippen LogP contribution in [-0.2, 0) is 10.0 Å². The van der Waals surface area contributed by atoms with E-state index in [2.05, 4.69) is 4.72 Å². The molecule has 0 aliphatic rings. The van der Waals surface area contributed by atoms with Gasteiger partial charge in [0.1, 0.15) is 11.7 Å². The molecular weight excluding hydrogens is 233 g/mol. The number of aryl methyl sites for hydroxylation is 1. The summed E-state index contributed by atoms with van der Waals surface area (Å²) in [7, 11) is -3.74. The van der Waals surface area contributed by atoms with Gasteiger partial charge in [-0.2, -0.15) is 0 Å². The van der Waals surface area contributed by atoms with E-state index in [0.29, 0.717) is 5.56 Å². The van der Waals surface area contributed by atoms with Crippen molar-refractivity contribution < 1.29 is 12.8 Å². The summed E-state index contributed by atoms with van der Waals surface area (Å²) >= 11 is 0. The zero-order valence-corrected chi connectivity index (χ0v) is 9.44. The molecule has 0 fully saturated rings. The maximum Gasteiger partial charge on any atom is 0.241 e. The Balaban J connectivity index is 3.03. The number of halogens is 1. The first-order valence-electron chi connectivity index (χ1n) is 4.41. The summed E-state index contributed by atoms with van der Waals surface area (Å²) in [5, 5.41) is 6.92. The summed E-state index contributed by atoms with van der Waals surface area (Å²) in [5.74, 6) is -0.786. The summed E-state index contributed by atoms with van der Waals surface area (Å²) in [6.45, 7) is 1.23. The summed E-state index contributed by atoms with van der Waals surface area (Å²) in [6, 6.07) is 3.37. The normalized spacial score (nSPS) is 11.4. The van der Waals surface area contributed by atoms with E-state index in [9.17, 15) is 12.8 Å². The fourth-order valence-corrected chi connectivity index (χ4v) is 2.40. The van der Waals surface area contributed by atoms with Crippen LogP contribution >= 0.6 is 0 Å². The number of nitrogens with one attached hydrogen (secondary N) is 2. The van der Waals surface area contributed by atoms with Crippen LogP contribution in [0.15, 0.2) is 23.1 Å². The smallest absolute Gasteiger partial charge is 0.241 e. The van der Waals surface area contributed by atoms with Gasteiger partial charge in [0.2, 0.25) is 10.0 Å². The summed E-state index contributed by atoms with van der Waals surface area (Å²) in [4.78, 5) is -0.0184. The van der Waals surface area contributed by atoms with Crippen molar-refractivity contribution in [3.63, 3.8) is 0 Å².